The van der Waals surface area contributed by atoms with Crippen LogP contribution in [0.2, 0.25) is 0 Å². The number of aliphatic hydroxyl groups excluding tert-OH is 11. The standard InChI is InChI=1S/C31H46O22/c1-9-23(50-30-19(39)15(35)16(36)26(53-30)27(43)44)17(37)20(40)28(46-9)51-24-13(8-33)49-29(21(41)18(24)38)52-25-14(34)12(7-32)48-31(22(25)42)47-11-5-3-10(45-2)4-6-11/h3-6,9,12-26,28-42H,7-8H2,1-2H3,(H,43,44)/t9-,12+,13+,14-,15-,16-,17-,18+,19+,20-,21+,22+,23+,24+,25-,26-,28+,29-,30+,31+/m0/s1. The van der Waals surface area contributed by atoms with Gasteiger partial charge in [-0.2, -0.15) is 0 Å². The Morgan fingerprint density at radius 3 is 1.64 bits per heavy atom. The summed E-state index contributed by atoms with van der Waals surface area (Å²) in [6.45, 7) is -0.320. The number of rotatable bonds is 12. The van der Waals surface area contributed by atoms with Gasteiger partial charge in [0.1, 0.15) is 97.0 Å². The van der Waals surface area contributed by atoms with Gasteiger partial charge in [-0.15, -0.1) is 0 Å². The fraction of sp³-hybridized carbons (Fsp3) is 0.774. The minimum atomic E-state index is -2.02. The van der Waals surface area contributed by atoms with E-state index in [0.29, 0.717) is 5.75 Å². The van der Waals surface area contributed by atoms with Crippen molar-refractivity contribution in [3.8, 4) is 11.5 Å². The molecule has 1 aromatic carbocycles. The van der Waals surface area contributed by atoms with E-state index < -0.39 is 142 Å². The fourth-order valence-corrected chi connectivity index (χ4v) is 6.37. The third-order valence-electron chi connectivity index (χ3n) is 9.42. The molecule has 20 atom stereocenters. The van der Waals surface area contributed by atoms with Crippen LogP contribution in [0.3, 0.4) is 0 Å². The lowest BCUT2D eigenvalue weighted by atomic mass is 9.95. The van der Waals surface area contributed by atoms with Gasteiger partial charge in [0, 0.05) is 0 Å². The molecule has 0 bridgehead atoms. The van der Waals surface area contributed by atoms with Crippen molar-refractivity contribution in [1.29, 1.82) is 0 Å². The average molecular weight is 771 g/mol. The Balaban J connectivity index is 1.23. The van der Waals surface area contributed by atoms with Gasteiger partial charge in [-0.1, -0.05) is 0 Å². The molecule has 302 valence electrons. The molecule has 0 amide bonds. The molecule has 5 rings (SSSR count). The number of methoxy groups -OCH3 is 1. The quantitative estimate of drug-likeness (QED) is 0.0940. The van der Waals surface area contributed by atoms with Crippen LogP contribution in [0.25, 0.3) is 0 Å². The van der Waals surface area contributed by atoms with Crippen molar-refractivity contribution in [2.24, 2.45) is 0 Å². The molecular weight excluding hydrogens is 724 g/mol. The maximum Gasteiger partial charge on any atom is 0.335 e. The third-order valence-corrected chi connectivity index (χ3v) is 9.42. The summed E-state index contributed by atoms with van der Waals surface area (Å²) >= 11 is 0. The van der Waals surface area contributed by atoms with Crippen molar-refractivity contribution in [1.82, 2.24) is 0 Å². The lowest BCUT2D eigenvalue weighted by Gasteiger charge is -2.48. The van der Waals surface area contributed by atoms with Gasteiger partial charge < -0.3 is 104 Å². The Morgan fingerprint density at radius 1 is 0.566 bits per heavy atom. The zero-order valence-electron chi connectivity index (χ0n) is 28.2. The molecule has 12 N–H and O–H groups in total. The van der Waals surface area contributed by atoms with E-state index >= 15 is 0 Å². The first-order valence-corrected chi connectivity index (χ1v) is 16.6. The van der Waals surface area contributed by atoms with E-state index in [1.807, 2.05) is 0 Å². The second kappa shape index (κ2) is 17.6. The number of aliphatic hydroxyl groups is 11. The van der Waals surface area contributed by atoms with Gasteiger partial charge >= 0.3 is 5.97 Å². The largest absolute Gasteiger partial charge is 0.497 e. The number of carboxylic acid groups (broad SMARTS) is 1. The number of ether oxygens (including phenoxy) is 9. The van der Waals surface area contributed by atoms with E-state index in [1.165, 1.54) is 26.2 Å². The van der Waals surface area contributed by atoms with Gasteiger partial charge in [0.05, 0.1) is 26.4 Å². The Kier molecular flexibility index (Phi) is 13.8. The predicted octanol–water partition coefficient (Wildman–Crippen LogP) is -6.53. The fourth-order valence-electron chi connectivity index (χ4n) is 6.37. The second-order valence-corrected chi connectivity index (χ2v) is 12.9. The normalized spacial score (nSPS) is 46.4. The zero-order valence-corrected chi connectivity index (χ0v) is 28.2. The number of carbonyl (C=O) groups is 1. The van der Waals surface area contributed by atoms with Gasteiger partial charge in [0.15, 0.2) is 25.0 Å². The van der Waals surface area contributed by atoms with E-state index in [2.05, 4.69) is 0 Å². The lowest BCUT2D eigenvalue weighted by molar-refractivity contribution is -0.384. The smallest absolute Gasteiger partial charge is 0.335 e. The van der Waals surface area contributed by atoms with E-state index in [4.69, 9.17) is 42.6 Å². The molecule has 4 aliphatic heterocycles. The van der Waals surface area contributed by atoms with Crippen molar-refractivity contribution >= 4 is 5.97 Å². The van der Waals surface area contributed by atoms with Crippen LogP contribution in [0.1, 0.15) is 6.92 Å². The highest BCUT2D eigenvalue weighted by atomic mass is 16.8. The maximum atomic E-state index is 11.5. The number of aliphatic carboxylic acids is 1. The SMILES string of the molecule is COc1ccc(O[C@@H]2O[C@H](CO)[C@H](O)[C@H](O[C@@H]3O[C@H](CO)[C@@H](O[C@H]4O[C@@H](C)[C@@H](O[C@@H]5O[C@H](C(=O)O)[C@@H](O)[C@H](O)[C@H]5O)[C@@H](O)[C@@H]4O)[C@H](O)[C@H]3O)[C@H]2O)cc1. The molecule has 0 radical (unpaired) electrons. The third kappa shape index (κ3) is 8.70. The summed E-state index contributed by atoms with van der Waals surface area (Å²) in [6, 6.07) is 6.14. The minimum absolute atomic E-state index is 0.209. The summed E-state index contributed by atoms with van der Waals surface area (Å²) in [7, 11) is 1.46. The molecule has 0 aliphatic carbocycles. The molecule has 4 heterocycles. The summed E-state index contributed by atoms with van der Waals surface area (Å²) < 4.78 is 49.5. The minimum Gasteiger partial charge on any atom is -0.497 e. The maximum absolute atomic E-state index is 11.5. The number of carboxylic acids is 1. The van der Waals surface area contributed by atoms with Crippen LogP contribution in [-0.2, 0) is 38.0 Å². The monoisotopic (exact) mass is 770 g/mol. The molecule has 1 aromatic rings. The molecule has 22 nitrogen and oxygen atoms in total. The van der Waals surface area contributed by atoms with Crippen LogP contribution in [0.15, 0.2) is 24.3 Å². The van der Waals surface area contributed by atoms with Crippen molar-refractivity contribution in [3.63, 3.8) is 0 Å². The molecular formula is C31H46O22. The predicted molar refractivity (Wildman–Crippen MR) is 164 cm³/mol. The highest BCUT2D eigenvalue weighted by Crippen LogP contribution is 2.35. The summed E-state index contributed by atoms with van der Waals surface area (Å²) in [4.78, 5) is 11.5. The summed E-state index contributed by atoms with van der Waals surface area (Å²) in [6.07, 6.45) is -35.5. The van der Waals surface area contributed by atoms with Gasteiger partial charge in [0.25, 0.3) is 0 Å². The van der Waals surface area contributed by atoms with Crippen molar-refractivity contribution in [2.45, 2.75) is 130 Å². The van der Waals surface area contributed by atoms with Crippen LogP contribution in [0, 0.1) is 0 Å². The average Bonchev–Trinajstić information content (AvgIpc) is 3.14. The lowest BCUT2D eigenvalue weighted by Crippen LogP contribution is -2.67. The molecule has 0 unspecified atom stereocenters. The molecule has 53 heavy (non-hydrogen) atoms. The molecule has 4 saturated heterocycles. The number of hydrogen-bond donors (Lipinski definition) is 12. The van der Waals surface area contributed by atoms with Gasteiger partial charge in [0.2, 0.25) is 6.29 Å². The first-order chi connectivity index (χ1) is 25.1. The van der Waals surface area contributed by atoms with Crippen LogP contribution in [-0.4, -0.2) is 210 Å². The Labute approximate surface area is 300 Å². The van der Waals surface area contributed by atoms with E-state index in [1.54, 1.807) is 12.1 Å². The van der Waals surface area contributed by atoms with Crippen LogP contribution < -0.4 is 9.47 Å². The molecule has 0 saturated carbocycles. The van der Waals surface area contributed by atoms with E-state index in [9.17, 15) is 66.1 Å². The first-order valence-electron chi connectivity index (χ1n) is 16.6. The van der Waals surface area contributed by atoms with Gasteiger partial charge in [-0.25, -0.2) is 4.79 Å². The second-order valence-electron chi connectivity index (χ2n) is 12.9. The van der Waals surface area contributed by atoms with Gasteiger partial charge in [-0.05, 0) is 31.2 Å². The van der Waals surface area contributed by atoms with Crippen LogP contribution >= 0.6 is 0 Å². The van der Waals surface area contributed by atoms with Crippen molar-refractivity contribution in [2.75, 3.05) is 20.3 Å². The number of hydrogen-bond acceptors (Lipinski definition) is 21. The molecule has 4 aliphatic rings. The van der Waals surface area contributed by atoms with E-state index in [-0.39, 0.29) is 5.75 Å². The molecule has 0 spiro atoms. The topological polar surface area (TPSA) is 343 Å². The highest BCUT2D eigenvalue weighted by molar-refractivity contribution is 5.73. The molecule has 4 fully saturated rings. The van der Waals surface area contributed by atoms with Gasteiger partial charge in [-0.3, -0.25) is 0 Å². The highest BCUT2D eigenvalue weighted by Gasteiger charge is 2.55. The molecule has 22 heteroatoms. The summed E-state index contributed by atoms with van der Waals surface area (Å²) in [5, 5.41) is 125. The number of benzene rings is 1. The van der Waals surface area contributed by atoms with E-state index in [0.717, 1.165) is 0 Å². The Bertz CT molecular complexity index is 1320. The first kappa shape index (κ1) is 41.7. The molecule has 0 aromatic heterocycles. The Hall–Kier alpha value is -2.43. The summed E-state index contributed by atoms with van der Waals surface area (Å²) in [5.41, 5.74) is 0. The van der Waals surface area contributed by atoms with Crippen LogP contribution in [0.5, 0.6) is 11.5 Å². The zero-order chi connectivity index (χ0) is 38.9. The Morgan fingerprint density at radius 2 is 1.06 bits per heavy atom. The van der Waals surface area contributed by atoms with Crippen LogP contribution in [0.4, 0.5) is 0 Å². The summed E-state index contributed by atoms with van der Waals surface area (Å²) in [5.74, 6) is -0.964. The van der Waals surface area contributed by atoms with Crippen molar-refractivity contribution < 1.29 is 109 Å². The van der Waals surface area contributed by atoms with Crippen molar-refractivity contribution in [3.05, 3.63) is 24.3 Å².